The van der Waals surface area contributed by atoms with E-state index < -0.39 is 0 Å². The summed E-state index contributed by atoms with van der Waals surface area (Å²) in [7, 11) is 1.99. The number of carbonyl (C=O) groups excluding carboxylic acids is 1. The number of nitrogens with one attached hydrogen (secondary N) is 1. The highest BCUT2D eigenvalue weighted by atomic mass is 79.9. The molecule has 0 unspecified atom stereocenters. The Hall–Kier alpha value is -1.07. The van der Waals surface area contributed by atoms with E-state index >= 15 is 0 Å². The molecule has 0 aliphatic carbocycles. The van der Waals surface area contributed by atoms with E-state index in [0.717, 1.165) is 49.2 Å². The molecule has 2 rings (SSSR count). The summed E-state index contributed by atoms with van der Waals surface area (Å²) in [4.78, 5) is 16.3. The molecule has 1 aliphatic rings. The summed E-state index contributed by atoms with van der Waals surface area (Å²) in [6.45, 7) is 6.11. The van der Waals surface area contributed by atoms with Gasteiger partial charge in [0.25, 0.3) is 0 Å². The number of anilines is 1. The van der Waals surface area contributed by atoms with Gasteiger partial charge in [0.15, 0.2) is 0 Å². The molecule has 1 fully saturated rings. The van der Waals surface area contributed by atoms with Gasteiger partial charge in [-0.1, -0.05) is 22.9 Å². The van der Waals surface area contributed by atoms with Gasteiger partial charge in [-0.3, -0.25) is 4.79 Å². The van der Waals surface area contributed by atoms with Crippen LogP contribution in [0.1, 0.15) is 25.3 Å². The number of likely N-dealkylation sites (N-methyl/N-ethyl adjacent to an activating group) is 1. The molecule has 1 aliphatic heterocycles. The molecule has 0 spiro atoms. The Morgan fingerprint density at radius 2 is 2.10 bits per heavy atom. The molecule has 1 N–H and O–H groups in total. The summed E-state index contributed by atoms with van der Waals surface area (Å²) in [6, 6.07) is 6.23. The minimum absolute atomic E-state index is 0.229. The van der Waals surface area contributed by atoms with E-state index in [2.05, 4.69) is 45.2 Å². The SMILES string of the molecule is CCNCc1cc(Br)ccc1N(C)CC(=O)N1CCCC1. The number of likely N-dealkylation sites (tertiary alicyclic amines) is 1. The lowest BCUT2D eigenvalue weighted by Gasteiger charge is -2.25. The Morgan fingerprint density at radius 3 is 2.76 bits per heavy atom. The second-order valence-electron chi connectivity index (χ2n) is 5.50. The summed E-state index contributed by atoms with van der Waals surface area (Å²) in [6.07, 6.45) is 2.28. The molecule has 1 aromatic carbocycles. The molecule has 0 atom stereocenters. The summed E-state index contributed by atoms with van der Waals surface area (Å²) in [5.41, 5.74) is 2.33. The van der Waals surface area contributed by atoms with E-state index in [1.807, 2.05) is 18.0 Å². The maximum absolute atomic E-state index is 12.3. The Labute approximate surface area is 135 Å². The van der Waals surface area contributed by atoms with Crippen LogP contribution >= 0.6 is 15.9 Å². The number of halogens is 1. The van der Waals surface area contributed by atoms with Crippen molar-refractivity contribution in [2.45, 2.75) is 26.3 Å². The van der Waals surface area contributed by atoms with Crippen molar-refractivity contribution >= 4 is 27.5 Å². The molecule has 4 nitrogen and oxygen atoms in total. The van der Waals surface area contributed by atoms with Crippen LogP contribution in [0.2, 0.25) is 0 Å². The molecular formula is C16H24BrN3O. The van der Waals surface area contributed by atoms with E-state index in [0.29, 0.717) is 6.54 Å². The van der Waals surface area contributed by atoms with E-state index in [1.165, 1.54) is 5.56 Å². The van der Waals surface area contributed by atoms with Crippen molar-refractivity contribution in [1.29, 1.82) is 0 Å². The van der Waals surface area contributed by atoms with Crippen LogP contribution in [-0.4, -0.2) is 44.0 Å². The van der Waals surface area contributed by atoms with Gasteiger partial charge in [-0.05, 0) is 43.1 Å². The van der Waals surface area contributed by atoms with Crippen LogP contribution in [0.3, 0.4) is 0 Å². The molecule has 1 heterocycles. The molecule has 1 amide bonds. The van der Waals surface area contributed by atoms with Crippen LogP contribution in [0.15, 0.2) is 22.7 Å². The van der Waals surface area contributed by atoms with Crippen molar-refractivity contribution in [1.82, 2.24) is 10.2 Å². The molecule has 5 heteroatoms. The van der Waals surface area contributed by atoms with Crippen molar-refractivity contribution in [3.63, 3.8) is 0 Å². The minimum Gasteiger partial charge on any atom is -0.365 e. The predicted molar refractivity (Wildman–Crippen MR) is 90.6 cm³/mol. The van der Waals surface area contributed by atoms with Gasteiger partial charge in [-0.15, -0.1) is 0 Å². The fraction of sp³-hybridized carbons (Fsp3) is 0.562. The number of amides is 1. The molecule has 0 aromatic heterocycles. The number of carbonyl (C=O) groups is 1. The van der Waals surface area contributed by atoms with Crippen LogP contribution < -0.4 is 10.2 Å². The highest BCUT2D eigenvalue weighted by Crippen LogP contribution is 2.24. The number of benzene rings is 1. The zero-order valence-corrected chi connectivity index (χ0v) is 14.4. The number of hydrogen-bond acceptors (Lipinski definition) is 3. The third-order valence-corrected chi connectivity index (χ3v) is 4.34. The summed E-state index contributed by atoms with van der Waals surface area (Å²) < 4.78 is 1.07. The third-order valence-electron chi connectivity index (χ3n) is 3.85. The Morgan fingerprint density at radius 1 is 1.38 bits per heavy atom. The monoisotopic (exact) mass is 353 g/mol. The van der Waals surface area contributed by atoms with Crippen molar-refractivity contribution in [3.8, 4) is 0 Å². The average molecular weight is 354 g/mol. The van der Waals surface area contributed by atoms with Gasteiger partial charge in [0.05, 0.1) is 6.54 Å². The van der Waals surface area contributed by atoms with E-state index in [9.17, 15) is 4.79 Å². The van der Waals surface area contributed by atoms with Crippen molar-refractivity contribution in [2.75, 3.05) is 38.1 Å². The van der Waals surface area contributed by atoms with Gasteiger partial charge in [0, 0.05) is 36.8 Å². The highest BCUT2D eigenvalue weighted by Gasteiger charge is 2.20. The van der Waals surface area contributed by atoms with Gasteiger partial charge in [-0.2, -0.15) is 0 Å². The van der Waals surface area contributed by atoms with E-state index in [4.69, 9.17) is 0 Å². The first-order valence-corrected chi connectivity index (χ1v) is 8.39. The number of nitrogens with zero attached hydrogens (tertiary/aromatic N) is 2. The Bertz CT molecular complexity index is 486. The van der Waals surface area contributed by atoms with Gasteiger partial charge < -0.3 is 15.1 Å². The molecule has 1 aromatic rings. The number of rotatable bonds is 6. The second-order valence-corrected chi connectivity index (χ2v) is 6.41. The lowest BCUT2D eigenvalue weighted by atomic mass is 10.1. The molecular weight excluding hydrogens is 330 g/mol. The topological polar surface area (TPSA) is 35.6 Å². The molecule has 116 valence electrons. The average Bonchev–Trinajstić information content (AvgIpc) is 2.99. The Kier molecular flexibility index (Phi) is 6.06. The summed E-state index contributed by atoms with van der Waals surface area (Å²) in [5, 5.41) is 3.35. The van der Waals surface area contributed by atoms with Crippen LogP contribution in [0.5, 0.6) is 0 Å². The molecule has 0 saturated carbocycles. The predicted octanol–water partition coefficient (Wildman–Crippen LogP) is 2.62. The largest absolute Gasteiger partial charge is 0.365 e. The lowest BCUT2D eigenvalue weighted by Crippen LogP contribution is -2.37. The smallest absolute Gasteiger partial charge is 0.242 e. The van der Waals surface area contributed by atoms with Crippen molar-refractivity contribution in [2.24, 2.45) is 0 Å². The van der Waals surface area contributed by atoms with Crippen molar-refractivity contribution < 1.29 is 4.79 Å². The van der Waals surface area contributed by atoms with Crippen LogP contribution in [-0.2, 0) is 11.3 Å². The van der Waals surface area contributed by atoms with Crippen LogP contribution in [0, 0.1) is 0 Å². The van der Waals surface area contributed by atoms with Crippen LogP contribution in [0.25, 0.3) is 0 Å². The summed E-state index contributed by atoms with van der Waals surface area (Å²) >= 11 is 3.52. The second kappa shape index (κ2) is 7.80. The summed E-state index contributed by atoms with van der Waals surface area (Å²) in [5.74, 6) is 0.229. The molecule has 0 radical (unpaired) electrons. The van der Waals surface area contributed by atoms with Crippen LogP contribution in [0.4, 0.5) is 5.69 Å². The first-order valence-electron chi connectivity index (χ1n) is 7.60. The van der Waals surface area contributed by atoms with Gasteiger partial charge in [0.1, 0.15) is 0 Å². The van der Waals surface area contributed by atoms with E-state index in [-0.39, 0.29) is 5.91 Å². The van der Waals surface area contributed by atoms with Gasteiger partial charge >= 0.3 is 0 Å². The van der Waals surface area contributed by atoms with Gasteiger partial charge in [-0.25, -0.2) is 0 Å². The first-order chi connectivity index (χ1) is 10.1. The van der Waals surface area contributed by atoms with Gasteiger partial charge in [0.2, 0.25) is 5.91 Å². The molecule has 1 saturated heterocycles. The molecule has 21 heavy (non-hydrogen) atoms. The highest BCUT2D eigenvalue weighted by molar-refractivity contribution is 9.10. The Balaban J connectivity index is 2.06. The zero-order valence-electron chi connectivity index (χ0n) is 12.9. The van der Waals surface area contributed by atoms with Crippen molar-refractivity contribution in [3.05, 3.63) is 28.2 Å². The normalized spacial score (nSPS) is 14.5. The molecule has 0 bridgehead atoms. The first kappa shape index (κ1) is 16.3. The lowest BCUT2D eigenvalue weighted by molar-refractivity contribution is -0.128. The van der Waals surface area contributed by atoms with E-state index in [1.54, 1.807) is 0 Å². The fourth-order valence-corrected chi connectivity index (χ4v) is 3.09. The zero-order chi connectivity index (χ0) is 15.2. The maximum atomic E-state index is 12.3. The number of hydrogen-bond donors (Lipinski definition) is 1. The quantitative estimate of drug-likeness (QED) is 0.853. The standard InChI is InChI=1S/C16H24BrN3O/c1-3-18-11-13-10-14(17)6-7-15(13)19(2)12-16(21)20-8-4-5-9-20/h6-7,10,18H,3-5,8-9,11-12H2,1-2H3. The minimum atomic E-state index is 0.229. The maximum Gasteiger partial charge on any atom is 0.242 e. The fourth-order valence-electron chi connectivity index (χ4n) is 2.68. The third kappa shape index (κ3) is 4.45.